The van der Waals surface area contributed by atoms with Crippen LogP contribution in [0, 0.1) is 5.82 Å². The lowest BCUT2D eigenvalue weighted by molar-refractivity contribution is -0.133. The first-order valence-corrected chi connectivity index (χ1v) is 12.0. The van der Waals surface area contributed by atoms with Crippen LogP contribution in [-0.2, 0) is 9.53 Å². The van der Waals surface area contributed by atoms with Gasteiger partial charge in [0.1, 0.15) is 12.4 Å². The van der Waals surface area contributed by atoms with E-state index < -0.39 is 17.8 Å². The van der Waals surface area contributed by atoms with E-state index in [0.29, 0.717) is 11.4 Å². The van der Waals surface area contributed by atoms with E-state index in [1.165, 1.54) is 35.2 Å². The Morgan fingerprint density at radius 3 is 2.74 bits per heavy atom. The van der Waals surface area contributed by atoms with E-state index in [1.807, 2.05) is 35.7 Å². The van der Waals surface area contributed by atoms with Crippen LogP contribution in [0.1, 0.15) is 33.3 Å². The minimum absolute atomic E-state index is 0.163. The molecule has 9 heteroatoms. The van der Waals surface area contributed by atoms with Gasteiger partial charge in [-0.2, -0.15) is 5.10 Å². The van der Waals surface area contributed by atoms with E-state index in [4.69, 9.17) is 16.3 Å². The van der Waals surface area contributed by atoms with Gasteiger partial charge < -0.3 is 9.64 Å². The van der Waals surface area contributed by atoms with E-state index in [1.54, 1.807) is 17.4 Å². The molecule has 4 rings (SSSR count). The van der Waals surface area contributed by atoms with Gasteiger partial charge in [-0.15, -0.1) is 11.3 Å². The fourth-order valence-electron chi connectivity index (χ4n) is 3.81. The van der Waals surface area contributed by atoms with Crippen LogP contribution in [0.2, 0.25) is 5.02 Å². The number of halogens is 2. The second-order valence-electron chi connectivity index (χ2n) is 7.73. The summed E-state index contributed by atoms with van der Waals surface area (Å²) in [5, 5.41) is 8.54. The molecule has 0 saturated heterocycles. The highest BCUT2D eigenvalue weighted by Crippen LogP contribution is 2.37. The third-order valence-corrected chi connectivity index (χ3v) is 6.75. The minimum atomic E-state index is -0.521. The van der Waals surface area contributed by atoms with Crippen molar-refractivity contribution in [3.05, 3.63) is 92.9 Å². The Bertz CT molecular complexity index is 1200. The largest absolute Gasteiger partial charge is 0.383 e. The molecule has 0 N–H and O–H groups in total. The molecule has 1 unspecified atom stereocenters. The summed E-state index contributed by atoms with van der Waals surface area (Å²) in [4.78, 5) is 28.9. The first-order chi connectivity index (χ1) is 16.5. The van der Waals surface area contributed by atoms with Crippen LogP contribution in [0.3, 0.4) is 0 Å². The number of thiophene rings is 1. The van der Waals surface area contributed by atoms with E-state index in [-0.39, 0.29) is 31.2 Å². The van der Waals surface area contributed by atoms with Gasteiger partial charge in [0.2, 0.25) is 0 Å². The van der Waals surface area contributed by atoms with E-state index in [9.17, 15) is 14.0 Å². The Balaban J connectivity index is 1.62. The third-order valence-electron chi connectivity index (χ3n) is 5.49. The first-order valence-electron chi connectivity index (χ1n) is 10.7. The zero-order valence-corrected chi connectivity index (χ0v) is 20.1. The standard InChI is InChI=1S/C25H23ClFN3O3S/c1-33-12-11-29(25(32)17-6-4-7-18(27)14-17)16-24(31)30-22(19-8-2-3-9-20(19)26)15-21(28-30)23-10-5-13-34-23/h2-10,13-14,22H,11-12,15-16H2,1H3. The molecule has 2 heterocycles. The molecular formula is C25H23ClFN3O3S. The number of hydrazone groups is 1. The summed E-state index contributed by atoms with van der Waals surface area (Å²) in [7, 11) is 1.51. The molecule has 0 saturated carbocycles. The molecule has 1 aliphatic rings. The molecule has 0 spiro atoms. The number of rotatable bonds is 8. The lowest BCUT2D eigenvalue weighted by Gasteiger charge is -2.27. The van der Waals surface area contributed by atoms with Crippen molar-refractivity contribution in [1.82, 2.24) is 9.91 Å². The molecule has 176 valence electrons. The van der Waals surface area contributed by atoms with Gasteiger partial charge in [-0.05, 0) is 41.3 Å². The van der Waals surface area contributed by atoms with Gasteiger partial charge in [0.15, 0.2) is 0 Å². The fourth-order valence-corrected chi connectivity index (χ4v) is 4.80. The van der Waals surface area contributed by atoms with Crippen LogP contribution in [0.4, 0.5) is 4.39 Å². The molecule has 1 aromatic heterocycles. The van der Waals surface area contributed by atoms with E-state index in [2.05, 4.69) is 5.10 Å². The van der Waals surface area contributed by atoms with Crippen LogP contribution in [0.25, 0.3) is 0 Å². The maximum Gasteiger partial charge on any atom is 0.262 e. The average molecular weight is 500 g/mol. The Kier molecular flexibility index (Phi) is 7.72. The number of ether oxygens (including phenoxy) is 1. The zero-order valence-electron chi connectivity index (χ0n) is 18.5. The highest BCUT2D eigenvalue weighted by Gasteiger charge is 2.35. The van der Waals surface area contributed by atoms with Crippen molar-refractivity contribution >= 4 is 40.5 Å². The van der Waals surface area contributed by atoms with Gasteiger partial charge in [-0.25, -0.2) is 9.40 Å². The predicted molar refractivity (Wildman–Crippen MR) is 131 cm³/mol. The van der Waals surface area contributed by atoms with Crippen LogP contribution >= 0.6 is 22.9 Å². The number of carbonyl (C=O) groups excluding carboxylic acids is 2. The van der Waals surface area contributed by atoms with Gasteiger partial charge >= 0.3 is 0 Å². The van der Waals surface area contributed by atoms with Crippen molar-refractivity contribution in [1.29, 1.82) is 0 Å². The van der Waals surface area contributed by atoms with Crippen molar-refractivity contribution < 1.29 is 18.7 Å². The van der Waals surface area contributed by atoms with Gasteiger partial charge in [0.05, 0.1) is 23.2 Å². The van der Waals surface area contributed by atoms with Gasteiger partial charge in [-0.3, -0.25) is 9.59 Å². The first kappa shape index (κ1) is 24.1. The fraction of sp³-hybridized carbons (Fsp3) is 0.240. The number of amides is 2. The number of benzene rings is 2. The summed E-state index contributed by atoms with van der Waals surface area (Å²) in [5.41, 5.74) is 1.73. The van der Waals surface area contributed by atoms with Gasteiger partial charge in [0.25, 0.3) is 11.8 Å². The second-order valence-corrected chi connectivity index (χ2v) is 9.09. The number of methoxy groups -OCH3 is 1. The third kappa shape index (κ3) is 5.35. The maximum atomic E-state index is 13.7. The molecule has 0 radical (unpaired) electrons. The Morgan fingerprint density at radius 2 is 2.03 bits per heavy atom. The molecule has 1 aliphatic heterocycles. The highest BCUT2D eigenvalue weighted by molar-refractivity contribution is 7.12. The average Bonchev–Trinajstić information content (AvgIpc) is 3.52. The summed E-state index contributed by atoms with van der Waals surface area (Å²) in [6.07, 6.45) is 0.506. The quantitative estimate of drug-likeness (QED) is 0.438. The molecule has 0 bridgehead atoms. The Labute approximate surface area is 206 Å². The molecular weight excluding hydrogens is 477 g/mol. The minimum Gasteiger partial charge on any atom is -0.383 e. The molecule has 3 aromatic rings. The van der Waals surface area contributed by atoms with Gasteiger partial charge in [-0.1, -0.05) is 41.9 Å². The summed E-state index contributed by atoms with van der Waals surface area (Å²) >= 11 is 8.01. The van der Waals surface area contributed by atoms with Crippen LogP contribution < -0.4 is 0 Å². The van der Waals surface area contributed by atoms with Crippen LogP contribution in [0.5, 0.6) is 0 Å². The molecule has 0 aliphatic carbocycles. The molecule has 34 heavy (non-hydrogen) atoms. The Morgan fingerprint density at radius 1 is 1.21 bits per heavy atom. The van der Waals surface area contributed by atoms with E-state index >= 15 is 0 Å². The summed E-state index contributed by atoms with van der Waals surface area (Å²) < 4.78 is 18.8. The topological polar surface area (TPSA) is 62.2 Å². The second kappa shape index (κ2) is 10.9. The molecule has 1 atom stereocenters. The van der Waals surface area contributed by atoms with Crippen molar-refractivity contribution in [2.75, 3.05) is 26.8 Å². The van der Waals surface area contributed by atoms with Crippen LogP contribution in [0.15, 0.2) is 71.1 Å². The molecule has 0 fully saturated rings. The van der Waals surface area contributed by atoms with Crippen molar-refractivity contribution in [2.24, 2.45) is 5.10 Å². The smallest absolute Gasteiger partial charge is 0.262 e. The lowest BCUT2D eigenvalue weighted by atomic mass is 10.0. The lowest BCUT2D eigenvalue weighted by Crippen LogP contribution is -2.42. The van der Waals surface area contributed by atoms with E-state index in [0.717, 1.165) is 22.2 Å². The zero-order chi connectivity index (χ0) is 24.1. The SMILES string of the molecule is COCCN(CC(=O)N1N=C(c2cccs2)CC1c1ccccc1Cl)C(=O)c1cccc(F)c1. The maximum absolute atomic E-state index is 13.7. The van der Waals surface area contributed by atoms with Gasteiger partial charge in [0, 0.05) is 30.7 Å². The molecule has 2 amide bonds. The number of hydrogen-bond acceptors (Lipinski definition) is 5. The number of carbonyl (C=O) groups is 2. The summed E-state index contributed by atoms with van der Waals surface area (Å²) in [5.74, 6) is -1.34. The molecule has 2 aromatic carbocycles. The normalized spacial score (nSPS) is 15.3. The number of hydrogen-bond donors (Lipinski definition) is 0. The summed E-state index contributed by atoms with van der Waals surface area (Å²) in [6.45, 7) is 0.163. The summed E-state index contributed by atoms with van der Waals surface area (Å²) in [6, 6.07) is 16.2. The van der Waals surface area contributed by atoms with Crippen molar-refractivity contribution in [2.45, 2.75) is 12.5 Å². The van der Waals surface area contributed by atoms with Crippen molar-refractivity contribution in [3.63, 3.8) is 0 Å². The predicted octanol–water partition coefficient (Wildman–Crippen LogP) is 5.01. The van der Waals surface area contributed by atoms with Crippen LogP contribution in [-0.4, -0.2) is 54.2 Å². The molecule has 6 nitrogen and oxygen atoms in total. The highest BCUT2D eigenvalue weighted by atomic mass is 35.5. The van der Waals surface area contributed by atoms with Crippen molar-refractivity contribution in [3.8, 4) is 0 Å². The Hall–Kier alpha value is -3.07. The monoisotopic (exact) mass is 499 g/mol. The number of nitrogens with zero attached hydrogens (tertiary/aromatic N) is 3.